The Morgan fingerprint density at radius 3 is 2.30 bits per heavy atom. The van der Waals surface area contributed by atoms with Gasteiger partial charge >= 0.3 is 5.97 Å². The zero-order valence-corrected chi connectivity index (χ0v) is 20.2. The van der Waals surface area contributed by atoms with Gasteiger partial charge in [0.05, 0.1) is 29.0 Å². The van der Waals surface area contributed by atoms with Gasteiger partial charge in [0, 0.05) is 27.8 Å². The zero-order valence-electron chi connectivity index (χ0n) is 18.6. The minimum Gasteiger partial charge on any atom is -0.465 e. The molecule has 7 heteroatoms. The van der Waals surface area contributed by atoms with Gasteiger partial charge in [0.15, 0.2) is 0 Å². The Morgan fingerprint density at radius 1 is 1.00 bits per heavy atom. The van der Waals surface area contributed by atoms with Crippen molar-refractivity contribution in [2.24, 2.45) is 0 Å². The maximum atomic E-state index is 13.5. The first-order chi connectivity index (χ1) is 15.7. The number of nitrogens with zero attached hydrogens (tertiary/aromatic N) is 2. The fraction of sp³-hybridized carbons (Fsp3) is 0.154. The number of rotatable bonds is 4. The second kappa shape index (κ2) is 8.93. The predicted octanol–water partition coefficient (Wildman–Crippen LogP) is 6.28. The molecular formula is C26H22Cl2N2O3. The van der Waals surface area contributed by atoms with Gasteiger partial charge in [-0.1, -0.05) is 35.3 Å². The van der Waals surface area contributed by atoms with E-state index in [0.717, 1.165) is 22.6 Å². The highest BCUT2D eigenvalue weighted by molar-refractivity contribution is 6.32. The van der Waals surface area contributed by atoms with E-state index in [1.807, 2.05) is 48.7 Å². The second-order valence-corrected chi connectivity index (χ2v) is 8.58. The number of hydrogen-bond acceptors (Lipinski definition) is 3. The quantitative estimate of drug-likeness (QED) is 0.326. The number of carbonyl (C=O) groups excluding carboxylic acids is 2. The molecule has 1 aliphatic heterocycles. The highest BCUT2D eigenvalue weighted by Gasteiger charge is 2.38. The summed E-state index contributed by atoms with van der Waals surface area (Å²) in [4.78, 5) is 27.7. The van der Waals surface area contributed by atoms with Crippen molar-refractivity contribution in [1.82, 2.24) is 4.57 Å². The van der Waals surface area contributed by atoms with E-state index in [-0.39, 0.29) is 17.1 Å². The molecule has 0 N–H and O–H groups in total. The molecule has 1 aromatic heterocycles. The molecule has 0 saturated heterocycles. The second-order valence-electron chi connectivity index (χ2n) is 7.74. The number of methoxy groups -OCH3 is 1. The van der Waals surface area contributed by atoms with Crippen molar-refractivity contribution in [2.45, 2.75) is 20.8 Å². The molecule has 0 aliphatic carbocycles. The van der Waals surface area contributed by atoms with Gasteiger partial charge in [-0.05, 0) is 74.9 Å². The maximum Gasteiger partial charge on any atom is 0.340 e. The van der Waals surface area contributed by atoms with Gasteiger partial charge in [-0.25, -0.2) is 4.79 Å². The smallest absolute Gasteiger partial charge is 0.340 e. The number of aryl methyl sites for hydroxylation is 1. The van der Waals surface area contributed by atoms with Gasteiger partial charge in [0.2, 0.25) is 0 Å². The van der Waals surface area contributed by atoms with Crippen molar-refractivity contribution in [3.63, 3.8) is 0 Å². The molecule has 1 amide bonds. The SMILES string of the molecule is COC(=O)C1=C(C)N(c2ccc(Cl)cc2)C(=O)/C1=C\c1cc(C)n(-c2ccccc2Cl)c1C. The van der Waals surface area contributed by atoms with Crippen LogP contribution in [0.4, 0.5) is 5.69 Å². The van der Waals surface area contributed by atoms with E-state index >= 15 is 0 Å². The summed E-state index contributed by atoms with van der Waals surface area (Å²) in [5.41, 5.74) is 5.13. The number of ether oxygens (including phenoxy) is 1. The van der Waals surface area contributed by atoms with Crippen LogP contribution in [-0.4, -0.2) is 23.6 Å². The molecule has 4 rings (SSSR count). The Labute approximate surface area is 202 Å². The molecule has 168 valence electrons. The topological polar surface area (TPSA) is 51.5 Å². The van der Waals surface area contributed by atoms with E-state index in [1.54, 1.807) is 37.3 Å². The Morgan fingerprint density at radius 2 is 1.67 bits per heavy atom. The summed E-state index contributed by atoms with van der Waals surface area (Å²) in [6.07, 6.45) is 1.74. The number of para-hydroxylation sites is 1. The minimum absolute atomic E-state index is 0.236. The highest BCUT2D eigenvalue weighted by Crippen LogP contribution is 2.37. The largest absolute Gasteiger partial charge is 0.465 e. The van der Waals surface area contributed by atoms with E-state index < -0.39 is 5.97 Å². The van der Waals surface area contributed by atoms with Crippen LogP contribution in [-0.2, 0) is 14.3 Å². The summed E-state index contributed by atoms with van der Waals surface area (Å²) >= 11 is 12.4. The van der Waals surface area contributed by atoms with Crippen LogP contribution in [0.25, 0.3) is 11.8 Å². The lowest BCUT2D eigenvalue weighted by atomic mass is 10.0. The lowest BCUT2D eigenvalue weighted by Gasteiger charge is -2.17. The molecule has 0 bridgehead atoms. The van der Waals surface area contributed by atoms with Crippen molar-refractivity contribution in [3.8, 4) is 5.69 Å². The van der Waals surface area contributed by atoms with Crippen LogP contribution in [0.5, 0.6) is 0 Å². The molecule has 0 radical (unpaired) electrons. The fourth-order valence-electron chi connectivity index (χ4n) is 4.17. The van der Waals surface area contributed by atoms with E-state index in [0.29, 0.717) is 21.4 Å². The van der Waals surface area contributed by atoms with Crippen LogP contribution in [0.3, 0.4) is 0 Å². The van der Waals surface area contributed by atoms with Crippen LogP contribution in [0.1, 0.15) is 23.9 Å². The van der Waals surface area contributed by atoms with E-state index in [4.69, 9.17) is 27.9 Å². The minimum atomic E-state index is -0.566. The van der Waals surface area contributed by atoms with Gasteiger partial charge < -0.3 is 9.30 Å². The molecule has 0 saturated carbocycles. The Hall–Kier alpha value is -3.28. The lowest BCUT2D eigenvalue weighted by Crippen LogP contribution is -2.24. The van der Waals surface area contributed by atoms with E-state index in [9.17, 15) is 9.59 Å². The van der Waals surface area contributed by atoms with Gasteiger partial charge in [-0.15, -0.1) is 0 Å². The van der Waals surface area contributed by atoms with Gasteiger partial charge in [0.1, 0.15) is 0 Å². The summed E-state index contributed by atoms with van der Waals surface area (Å²) in [6, 6.07) is 16.4. The summed E-state index contributed by atoms with van der Waals surface area (Å²) in [5, 5.41) is 1.18. The highest BCUT2D eigenvalue weighted by atomic mass is 35.5. The van der Waals surface area contributed by atoms with Crippen LogP contribution in [0.2, 0.25) is 10.0 Å². The van der Waals surface area contributed by atoms with Gasteiger partial charge in [0.25, 0.3) is 5.91 Å². The molecule has 2 aromatic carbocycles. The number of carbonyl (C=O) groups is 2. The Balaban J connectivity index is 1.86. The molecule has 33 heavy (non-hydrogen) atoms. The Bertz CT molecular complexity index is 1330. The summed E-state index contributed by atoms with van der Waals surface area (Å²) in [5.74, 6) is -0.874. The normalized spacial score (nSPS) is 15.0. The van der Waals surface area contributed by atoms with Crippen molar-refractivity contribution >= 4 is 46.8 Å². The van der Waals surface area contributed by atoms with Crippen molar-refractivity contribution in [2.75, 3.05) is 12.0 Å². The van der Waals surface area contributed by atoms with Crippen molar-refractivity contribution < 1.29 is 14.3 Å². The molecule has 0 atom stereocenters. The van der Waals surface area contributed by atoms with Crippen LogP contribution in [0, 0.1) is 13.8 Å². The molecule has 0 fully saturated rings. The number of allylic oxidation sites excluding steroid dienone is 1. The number of esters is 1. The first-order valence-corrected chi connectivity index (χ1v) is 11.0. The molecule has 3 aromatic rings. The molecular weight excluding hydrogens is 459 g/mol. The maximum absolute atomic E-state index is 13.5. The van der Waals surface area contributed by atoms with Crippen molar-refractivity contribution in [1.29, 1.82) is 0 Å². The average molecular weight is 481 g/mol. The summed E-state index contributed by atoms with van der Waals surface area (Å²) in [6.45, 7) is 5.65. The standard InChI is InChI=1S/C26H22Cl2N2O3/c1-15-13-18(16(2)29(15)23-8-6-5-7-22(23)28)14-21-24(26(32)33-4)17(3)30(25(21)31)20-11-9-19(27)10-12-20/h5-14H,1-4H3/b21-14-. The van der Waals surface area contributed by atoms with Gasteiger partial charge in [-0.3, -0.25) is 9.69 Å². The van der Waals surface area contributed by atoms with Crippen LogP contribution in [0.15, 0.2) is 71.4 Å². The van der Waals surface area contributed by atoms with Crippen LogP contribution < -0.4 is 4.90 Å². The lowest BCUT2D eigenvalue weighted by molar-refractivity contribution is -0.136. The first kappa shape index (κ1) is 22.9. The number of aromatic nitrogens is 1. The third kappa shape index (κ3) is 3.99. The monoisotopic (exact) mass is 480 g/mol. The molecule has 1 aliphatic rings. The molecule has 0 unspecified atom stereocenters. The molecule has 0 spiro atoms. The van der Waals surface area contributed by atoms with E-state index in [2.05, 4.69) is 0 Å². The van der Waals surface area contributed by atoms with Gasteiger partial charge in [-0.2, -0.15) is 0 Å². The zero-order chi connectivity index (χ0) is 23.9. The molecule has 5 nitrogen and oxygen atoms in total. The Kier molecular flexibility index (Phi) is 6.19. The number of benzene rings is 2. The third-order valence-corrected chi connectivity index (χ3v) is 6.31. The molecule has 2 heterocycles. The first-order valence-electron chi connectivity index (χ1n) is 10.3. The summed E-state index contributed by atoms with van der Waals surface area (Å²) < 4.78 is 7.04. The van der Waals surface area contributed by atoms with E-state index in [1.165, 1.54) is 12.0 Å². The average Bonchev–Trinajstić information content (AvgIpc) is 3.20. The van der Waals surface area contributed by atoms with Crippen LogP contribution >= 0.6 is 23.2 Å². The number of halogens is 2. The number of hydrogen-bond donors (Lipinski definition) is 0. The number of amides is 1. The summed E-state index contributed by atoms with van der Waals surface area (Å²) in [7, 11) is 1.30. The number of anilines is 1. The van der Waals surface area contributed by atoms with Crippen molar-refractivity contribution in [3.05, 3.63) is 98.4 Å². The fourth-order valence-corrected chi connectivity index (χ4v) is 4.52. The third-order valence-electron chi connectivity index (χ3n) is 5.74. The predicted molar refractivity (Wildman–Crippen MR) is 132 cm³/mol.